The first-order valence-corrected chi connectivity index (χ1v) is 8.00. The van der Waals surface area contributed by atoms with Crippen LogP contribution in [0.2, 0.25) is 0 Å². The number of carboxylic acid groups (broad SMARTS) is 1. The lowest BCUT2D eigenvalue weighted by atomic mass is 9.97. The zero-order valence-corrected chi connectivity index (χ0v) is 13.5. The molecule has 0 radical (unpaired) electrons. The van der Waals surface area contributed by atoms with Gasteiger partial charge in [0.05, 0.1) is 11.4 Å². The Kier molecular flexibility index (Phi) is 3.91. The van der Waals surface area contributed by atoms with Gasteiger partial charge in [0, 0.05) is 35.8 Å². The number of ketones is 1. The minimum absolute atomic E-state index is 0.133. The molecule has 0 aromatic heterocycles. The summed E-state index contributed by atoms with van der Waals surface area (Å²) < 4.78 is 0. The fourth-order valence-corrected chi connectivity index (χ4v) is 3.58. The Hall–Kier alpha value is -2.25. The highest BCUT2D eigenvalue weighted by Gasteiger charge is 2.34. The molecule has 2 aliphatic rings. The van der Waals surface area contributed by atoms with Gasteiger partial charge < -0.3 is 10.0 Å². The number of nitrogens with zero attached hydrogens (tertiary/aromatic N) is 2. The van der Waals surface area contributed by atoms with Crippen molar-refractivity contribution in [1.82, 2.24) is 5.06 Å². The van der Waals surface area contributed by atoms with Gasteiger partial charge in [0.2, 0.25) is 0 Å². The largest absolute Gasteiger partial charge is 0.479 e. The average molecular weight is 332 g/mol. The molecule has 2 N–H and O–H groups in total. The molecule has 1 unspecified atom stereocenters. The Bertz CT molecular complexity index is 754. The van der Waals surface area contributed by atoms with Crippen LogP contribution in [0.25, 0.3) is 5.70 Å². The van der Waals surface area contributed by atoms with E-state index >= 15 is 0 Å². The maximum Gasteiger partial charge on any atom is 0.332 e. The molecule has 2 aliphatic heterocycles. The fraction of sp³-hybridized carbons (Fsp3) is 0.250. The van der Waals surface area contributed by atoms with Crippen molar-refractivity contribution in [2.24, 2.45) is 0 Å². The number of anilines is 1. The van der Waals surface area contributed by atoms with Crippen molar-refractivity contribution in [3.8, 4) is 0 Å². The van der Waals surface area contributed by atoms with Gasteiger partial charge in [-0.1, -0.05) is 6.08 Å². The molecule has 0 amide bonds. The number of allylic oxidation sites excluding steroid dienone is 2. The highest BCUT2D eigenvalue weighted by Crippen LogP contribution is 2.40. The number of thioether (sulfide) groups is 1. The molecule has 0 saturated heterocycles. The zero-order valence-electron chi connectivity index (χ0n) is 12.7. The maximum absolute atomic E-state index is 12.3. The molecule has 23 heavy (non-hydrogen) atoms. The standard InChI is InChI=1S/C16H16N2O4S/c1-17(2)9-3-4-11-14(7-9)23-8-13(19)10-5-6-12(16(20)21)18(22)15(10)11/h3-7,12,22H,8H2,1-2H3,(H,20,21). The van der Waals surface area contributed by atoms with Crippen molar-refractivity contribution in [3.63, 3.8) is 0 Å². The number of hydrogen-bond donors (Lipinski definition) is 2. The quantitative estimate of drug-likeness (QED) is 0.855. The molecule has 0 fully saturated rings. The van der Waals surface area contributed by atoms with Crippen molar-refractivity contribution < 1.29 is 19.9 Å². The second-order valence-electron chi connectivity index (χ2n) is 5.54. The topological polar surface area (TPSA) is 81.1 Å². The minimum atomic E-state index is -1.20. The molecule has 120 valence electrons. The number of benzene rings is 1. The van der Waals surface area contributed by atoms with Crippen molar-refractivity contribution in [1.29, 1.82) is 0 Å². The van der Waals surface area contributed by atoms with Gasteiger partial charge in [-0.15, -0.1) is 11.8 Å². The van der Waals surface area contributed by atoms with E-state index in [9.17, 15) is 19.9 Å². The Morgan fingerprint density at radius 3 is 2.78 bits per heavy atom. The summed E-state index contributed by atoms with van der Waals surface area (Å²) in [4.78, 5) is 26.4. The van der Waals surface area contributed by atoms with Gasteiger partial charge in [0.15, 0.2) is 11.8 Å². The number of carbonyl (C=O) groups excluding carboxylic acids is 1. The van der Waals surface area contributed by atoms with Crippen LogP contribution in [0.4, 0.5) is 5.69 Å². The van der Waals surface area contributed by atoms with Crippen molar-refractivity contribution >= 4 is 34.9 Å². The van der Waals surface area contributed by atoms with Gasteiger partial charge in [-0.3, -0.25) is 10.0 Å². The Morgan fingerprint density at radius 1 is 1.39 bits per heavy atom. The predicted molar refractivity (Wildman–Crippen MR) is 87.6 cm³/mol. The van der Waals surface area contributed by atoms with E-state index in [4.69, 9.17) is 0 Å². The first-order valence-electron chi connectivity index (χ1n) is 7.01. The second-order valence-corrected chi connectivity index (χ2v) is 6.55. The van der Waals surface area contributed by atoms with Gasteiger partial charge in [0.25, 0.3) is 0 Å². The summed E-state index contributed by atoms with van der Waals surface area (Å²) in [6.07, 6.45) is 2.82. The van der Waals surface area contributed by atoms with Gasteiger partial charge in [-0.2, -0.15) is 0 Å². The van der Waals surface area contributed by atoms with E-state index in [0.29, 0.717) is 16.2 Å². The van der Waals surface area contributed by atoms with Gasteiger partial charge >= 0.3 is 5.97 Å². The number of aliphatic carboxylic acids is 1. The molecule has 7 heteroatoms. The third-order valence-corrected chi connectivity index (χ3v) is 4.90. The molecule has 0 bridgehead atoms. The maximum atomic E-state index is 12.3. The Morgan fingerprint density at radius 2 is 2.13 bits per heavy atom. The molecule has 0 saturated carbocycles. The minimum Gasteiger partial charge on any atom is -0.479 e. The lowest BCUT2D eigenvalue weighted by Crippen LogP contribution is -2.39. The van der Waals surface area contributed by atoms with Crippen LogP contribution in [-0.4, -0.2) is 53.0 Å². The molecule has 0 aliphatic carbocycles. The molecule has 2 heterocycles. The summed E-state index contributed by atoms with van der Waals surface area (Å²) in [5.74, 6) is -1.06. The van der Waals surface area contributed by atoms with E-state index in [0.717, 1.165) is 10.6 Å². The first-order chi connectivity index (χ1) is 10.9. The number of rotatable bonds is 2. The molecule has 0 spiro atoms. The molecular weight excluding hydrogens is 316 g/mol. The van der Waals surface area contributed by atoms with Crippen LogP contribution in [0.3, 0.4) is 0 Å². The van der Waals surface area contributed by atoms with E-state index in [2.05, 4.69) is 0 Å². The van der Waals surface area contributed by atoms with Crippen molar-refractivity contribution in [2.45, 2.75) is 10.9 Å². The van der Waals surface area contributed by atoms with E-state index in [1.54, 1.807) is 0 Å². The second kappa shape index (κ2) is 5.75. The zero-order chi connectivity index (χ0) is 16.7. The van der Waals surface area contributed by atoms with Crippen LogP contribution in [0.15, 0.2) is 40.8 Å². The van der Waals surface area contributed by atoms with Crippen molar-refractivity contribution in [3.05, 3.63) is 41.5 Å². The van der Waals surface area contributed by atoms with Crippen LogP contribution >= 0.6 is 11.8 Å². The van der Waals surface area contributed by atoms with Crippen molar-refractivity contribution in [2.75, 3.05) is 24.7 Å². The molecule has 6 nitrogen and oxygen atoms in total. The number of hydrogen-bond acceptors (Lipinski definition) is 6. The lowest BCUT2D eigenvalue weighted by Gasteiger charge is -2.29. The molecule has 3 rings (SSSR count). The van der Waals surface area contributed by atoms with Gasteiger partial charge in [0.1, 0.15) is 0 Å². The average Bonchev–Trinajstić information content (AvgIpc) is 2.65. The number of carbonyl (C=O) groups is 2. The van der Waals surface area contributed by atoms with Crippen LogP contribution in [0, 0.1) is 0 Å². The summed E-state index contributed by atoms with van der Waals surface area (Å²) in [6.45, 7) is 0. The van der Waals surface area contributed by atoms with Crippen LogP contribution < -0.4 is 4.90 Å². The smallest absolute Gasteiger partial charge is 0.332 e. The summed E-state index contributed by atoms with van der Waals surface area (Å²) in [6, 6.07) is 4.42. The number of fused-ring (bicyclic) bond motifs is 2. The SMILES string of the molecule is CN(C)c1ccc2c(c1)SCC(=O)C1=C2N(O)C(C(=O)O)C=C1. The summed E-state index contributed by atoms with van der Waals surface area (Å²) in [5.41, 5.74) is 2.24. The first kappa shape index (κ1) is 15.6. The van der Waals surface area contributed by atoms with E-state index in [-0.39, 0.29) is 17.2 Å². The Balaban J connectivity index is 2.17. The third kappa shape index (κ3) is 2.62. The third-order valence-electron chi connectivity index (χ3n) is 3.84. The Labute approximate surface area is 137 Å². The highest BCUT2D eigenvalue weighted by atomic mass is 32.2. The van der Waals surface area contributed by atoms with E-state index < -0.39 is 12.0 Å². The lowest BCUT2D eigenvalue weighted by molar-refractivity contribution is -0.151. The predicted octanol–water partition coefficient (Wildman–Crippen LogP) is 1.85. The van der Waals surface area contributed by atoms with Crippen LogP contribution in [0.1, 0.15) is 5.56 Å². The summed E-state index contributed by atoms with van der Waals surface area (Å²) >= 11 is 1.39. The number of carboxylic acids is 1. The summed E-state index contributed by atoms with van der Waals surface area (Å²) in [5, 5.41) is 20.3. The number of hydroxylamine groups is 2. The van der Waals surface area contributed by atoms with E-state index in [1.807, 2.05) is 37.2 Å². The summed E-state index contributed by atoms with van der Waals surface area (Å²) in [7, 11) is 3.84. The molecular formula is C16H16N2O4S. The highest BCUT2D eigenvalue weighted by molar-refractivity contribution is 8.00. The van der Waals surface area contributed by atoms with E-state index in [1.165, 1.54) is 23.9 Å². The van der Waals surface area contributed by atoms with Gasteiger partial charge in [-0.05, 0) is 24.3 Å². The normalized spacial score (nSPS) is 20.0. The molecule has 1 aromatic rings. The molecule has 1 atom stereocenters. The monoisotopic (exact) mass is 332 g/mol. The fourth-order valence-electron chi connectivity index (χ4n) is 2.62. The van der Waals surface area contributed by atoms with Gasteiger partial charge in [-0.25, -0.2) is 9.86 Å². The van der Waals surface area contributed by atoms with Crippen LogP contribution in [0.5, 0.6) is 0 Å². The van der Waals surface area contributed by atoms with Crippen LogP contribution in [-0.2, 0) is 9.59 Å². The molecule has 1 aromatic carbocycles. The number of Topliss-reactive ketones (excluding diaryl/α,β-unsaturated/α-hetero) is 1.